The number of carbonyl (C=O) groups is 1. The molecule has 0 bridgehead atoms. The summed E-state index contributed by atoms with van der Waals surface area (Å²) in [7, 11) is 0. The van der Waals surface area contributed by atoms with Gasteiger partial charge in [-0.05, 0) is 55.5 Å². The quantitative estimate of drug-likeness (QED) is 0.577. The lowest BCUT2D eigenvalue weighted by atomic mass is 10.1. The average molecular weight is 411 g/mol. The fourth-order valence-corrected chi connectivity index (χ4v) is 3.47. The number of halogens is 1. The third-order valence-electron chi connectivity index (χ3n) is 5.10. The van der Waals surface area contributed by atoms with Gasteiger partial charge in [-0.15, -0.1) is 0 Å². The van der Waals surface area contributed by atoms with E-state index in [4.69, 9.17) is 0 Å². The molecule has 1 aromatic carbocycles. The number of aromatic hydroxyl groups is 1. The molecule has 2 aromatic heterocycles. The Bertz CT molecular complexity index is 1170. The van der Waals surface area contributed by atoms with Crippen molar-refractivity contribution in [2.45, 2.75) is 38.3 Å². The van der Waals surface area contributed by atoms with Crippen molar-refractivity contribution in [2.75, 3.05) is 6.54 Å². The molecule has 1 amide bonds. The highest BCUT2D eigenvalue weighted by Crippen LogP contribution is 2.38. The monoisotopic (exact) mass is 411 g/mol. The van der Waals surface area contributed by atoms with Crippen LogP contribution in [-0.2, 0) is 6.42 Å². The minimum Gasteiger partial charge on any atom is -0.505 e. The third-order valence-corrected chi connectivity index (χ3v) is 5.10. The van der Waals surface area contributed by atoms with E-state index in [0.29, 0.717) is 11.9 Å². The molecule has 1 saturated carbocycles. The zero-order chi connectivity index (χ0) is 21.4. The van der Waals surface area contributed by atoms with Gasteiger partial charge in [-0.25, -0.2) is 4.39 Å². The molecule has 156 valence electrons. The topological polar surface area (TPSA) is 104 Å². The summed E-state index contributed by atoms with van der Waals surface area (Å²) in [6.45, 7) is 1.47. The number of aliphatic hydroxyl groups is 1. The summed E-state index contributed by atoms with van der Waals surface area (Å²) < 4.78 is 14.7. The van der Waals surface area contributed by atoms with Crippen molar-refractivity contribution >= 4 is 16.9 Å². The maximum atomic E-state index is 13.1. The lowest BCUT2D eigenvalue weighted by molar-refractivity contribution is 0.0919. The number of fused-ring (bicyclic) bond motifs is 1. The molecule has 8 heteroatoms. The van der Waals surface area contributed by atoms with Gasteiger partial charge in [-0.2, -0.15) is 0 Å². The predicted molar refractivity (Wildman–Crippen MR) is 109 cm³/mol. The minimum atomic E-state index is -0.783. The Morgan fingerprint density at radius 2 is 2.00 bits per heavy atom. The van der Waals surface area contributed by atoms with Crippen LogP contribution in [-0.4, -0.2) is 38.3 Å². The Morgan fingerprint density at radius 3 is 2.63 bits per heavy atom. The van der Waals surface area contributed by atoms with Crippen LogP contribution in [0, 0.1) is 5.82 Å². The summed E-state index contributed by atoms with van der Waals surface area (Å²) in [5.74, 6) is -1.53. The van der Waals surface area contributed by atoms with Crippen LogP contribution in [0.4, 0.5) is 4.39 Å². The van der Waals surface area contributed by atoms with E-state index in [1.165, 1.54) is 23.6 Å². The van der Waals surface area contributed by atoms with Crippen molar-refractivity contribution in [3.8, 4) is 5.75 Å². The van der Waals surface area contributed by atoms with Gasteiger partial charge in [0.25, 0.3) is 11.5 Å². The molecule has 0 radical (unpaired) electrons. The number of hydrogen-bond acceptors (Lipinski definition) is 5. The molecule has 2 heterocycles. The van der Waals surface area contributed by atoms with E-state index in [2.05, 4.69) is 10.3 Å². The second-order valence-electron chi connectivity index (χ2n) is 7.70. The van der Waals surface area contributed by atoms with E-state index in [-0.39, 0.29) is 29.5 Å². The number of benzene rings is 1. The van der Waals surface area contributed by atoms with Gasteiger partial charge in [0, 0.05) is 18.8 Å². The molecule has 0 spiro atoms. The fraction of sp³-hybridized carbons (Fsp3) is 0.318. The van der Waals surface area contributed by atoms with Crippen molar-refractivity contribution in [1.29, 1.82) is 0 Å². The smallest absolute Gasteiger partial charge is 0.268 e. The van der Waals surface area contributed by atoms with E-state index in [1.54, 1.807) is 24.4 Å². The fourth-order valence-electron chi connectivity index (χ4n) is 3.47. The van der Waals surface area contributed by atoms with Gasteiger partial charge in [0.2, 0.25) is 0 Å². The van der Waals surface area contributed by atoms with Crippen LogP contribution in [0.15, 0.2) is 41.3 Å². The van der Waals surface area contributed by atoms with Crippen LogP contribution in [0.2, 0.25) is 0 Å². The van der Waals surface area contributed by atoms with E-state index in [1.807, 2.05) is 0 Å². The van der Waals surface area contributed by atoms with Crippen molar-refractivity contribution in [1.82, 2.24) is 14.9 Å². The van der Waals surface area contributed by atoms with E-state index < -0.39 is 23.3 Å². The van der Waals surface area contributed by atoms with Gasteiger partial charge in [0.05, 0.1) is 11.6 Å². The summed E-state index contributed by atoms with van der Waals surface area (Å²) in [6.07, 6.45) is 2.88. The number of amides is 1. The standard InChI is InChI=1S/C22H22FN3O4/c1-12(27)10-25-21(29)18-20(28)19-17(26(22(18)30)16-6-7-16)9-14(11-24-19)8-13-2-4-15(23)5-3-13/h2-5,9,11-12,16,27-28H,6-8,10H2,1H3,(H,25,29)/t12-/m1/s1. The first-order valence-electron chi connectivity index (χ1n) is 9.82. The largest absolute Gasteiger partial charge is 0.505 e. The second kappa shape index (κ2) is 7.87. The summed E-state index contributed by atoms with van der Waals surface area (Å²) in [6, 6.07) is 7.86. The number of nitrogens with zero attached hydrogens (tertiary/aromatic N) is 2. The summed E-state index contributed by atoms with van der Waals surface area (Å²) in [5, 5.41) is 22.5. The van der Waals surface area contributed by atoms with Crippen molar-refractivity contribution in [3.05, 3.63) is 69.4 Å². The Labute approximate surface area is 171 Å². The molecule has 3 N–H and O–H groups in total. The lowest BCUT2D eigenvalue weighted by Gasteiger charge is -2.15. The molecule has 0 unspecified atom stereocenters. The van der Waals surface area contributed by atoms with Gasteiger partial charge in [0.1, 0.15) is 16.9 Å². The normalized spacial score (nSPS) is 14.6. The maximum Gasteiger partial charge on any atom is 0.268 e. The zero-order valence-electron chi connectivity index (χ0n) is 16.4. The molecule has 3 aromatic rings. The molecule has 0 aliphatic heterocycles. The SMILES string of the molecule is C[C@@H](O)CNC(=O)c1c(O)c2ncc(Cc3ccc(F)cc3)cc2n(C2CC2)c1=O. The molecule has 1 fully saturated rings. The van der Waals surface area contributed by atoms with Crippen LogP contribution in [0.5, 0.6) is 5.75 Å². The van der Waals surface area contributed by atoms with Crippen LogP contribution >= 0.6 is 0 Å². The Balaban J connectivity index is 1.79. The molecule has 1 aliphatic rings. The summed E-state index contributed by atoms with van der Waals surface area (Å²) in [4.78, 5) is 29.9. The third kappa shape index (κ3) is 3.91. The highest BCUT2D eigenvalue weighted by molar-refractivity contribution is 6.01. The van der Waals surface area contributed by atoms with Gasteiger partial charge in [-0.3, -0.25) is 14.6 Å². The molecule has 0 saturated heterocycles. The number of rotatable bonds is 6. The summed E-state index contributed by atoms with van der Waals surface area (Å²) >= 11 is 0. The second-order valence-corrected chi connectivity index (χ2v) is 7.70. The van der Waals surface area contributed by atoms with Gasteiger partial charge in [0.15, 0.2) is 5.75 Å². The number of aromatic nitrogens is 2. The lowest BCUT2D eigenvalue weighted by Crippen LogP contribution is -2.36. The number of hydrogen-bond donors (Lipinski definition) is 3. The first kappa shape index (κ1) is 20.0. The maximum absolute atomic E-state index is 13.1. The highest BCUT2D eigenvalue weighted by atomic mass is 19.1. The molecular weight excluding hydrogens is 389 g/mol. The van der Waals surface area contributed by atoms with Crippen LogP contribution < -0.4 is 10.9 Å². The molecule has 1 aliphatic carbocycles. The number of pyridine rings is 2. The number of aliphatic hydroxyl groups excluding tert-OH is 1. The Morgan fingerprint density at radius 1 is 1.30 bits per heavy atom. The van der Waals surface area contributed by atoms with Crippen molar-refractivity contribution in [2.24, 2.45) is 0 Å². The average Bonchev–Trinajstić information content (AvgIpc) is 3.53. The summed E-state index contributed by atoms with van der Waals surface area (Å²) in [5.41, 5.74) is 1.38. The van der Waals surface area contributed by atoms with Crippen molar-refractivity contribution < 1.29 is 19.4 Å². The Kier molecular flexibility index (Phi) is 5.26. The number of nitrogens with one attached hydrogen (secondary N) is 1. The van der Waals surface area contributed by atoms with Gasteiger partial charge >= 0.3 is 0 Å². The highest BCUT2D eigenvalue weighted by Gasteiger charge is 2.31. The van der Waals surface area contributed by atoms with Gasteiger partial charge < -0.3 is 20.1 Å². The van der Waals surface area contributed by atoms with Gasteiger partial charge in [-0.1, -0.05) is 12.1 Å². The minimum absolute atomic E-state index is 0.0385. The Hall–Kier alpha value is -3.26. The number of carbonyl (C=O) groups excluding carboxylic acids is 1. The predicted octanol–water partition coefficient (Wildman–Crippen LogP) is 2.28. The first-order valence-corrected chi connectivity index (χ1v) is 9.82. The van der Waals surface area contributed by atoms with E-state index >= 15 is 0 Å². The molecule has 7 nitrogen and oxygen atoms in total. The molecule has 4 rings (SSSR count). The van der Waals surface area contributed by atoms with Crippen LogP contribution in [0.3, 0.4) is 0 Å². The van der Waals surface area contributed by atoms with E-state index in [9.17, 15) is 24.2 Å². The van der Waals surface area contributed by atoms with Crippen LogP contribution in [0.1, 0.15) is 47.3 Å². The zero-order valence-corrected chi connectivity index (χ0v) is 16.4. The molecule has 1 atom stereocenters. The van der Waals surface area contributed by atoms with Crippen molar-refractivity contribution in [3.63, 3.8) is 0 Å². The first-order chi connectivity index (χ1) is 14.3. The molecule has 30 heavy (non-hydrogen) atoms. The van der Waals surface area contributed by atoms with E-state index in [0.717, 1.165) is 24.0 Å². The van der Waals surface area contributed by atoms with Crippen LogP contribution in [0.25, 0.3) is 11.0 Å². The molecular formula is C22H22FN3O4.